The van der Waals surface area contributed by atoms with Gasteiger partial charge in [0.05, 0.1) is 24.3 Å². The Morgan fingerprint density at radius 1 is 0.656 bits per heavy atom. The van der Waals surface area contributed by atoms with Crippen LogP contribution in [0.5, 0.6) is 11.5 Å². The minimum atomic E-state index is -1.08. The molecule has 0 radical (unpaired) electrons. The molecular formula is C20H12Cl6O6. The molecule has 0 N–H and O–H groups in total. The fraction of sp³-hybridized carbons (Fsp3) is 0.100. The van der Waals surface area contributed by atoms with Gasteiger partial charge in [0, 0.05) is 10.0 Å². The van der Waals surface area contributed by atoms with E-state index in [2.05, 4.69) is 0 Å². The summed E-state index contributed by atoms with van der Waals surface area (Å²) in [6.07, 6.45) is 0. The molecule has 0 heterocycles. The number of methoxy groups -OCH3 is 2. The van der Waals surface area contributed by atoms with Crippen molar-refractivity contribution < 1.29 is 28.5 Å². The summed E-state index contributed by atoms with van der Waals surface area (Å²) in [5.41, 5.74) is -1.19. The monoisotopic (exact) mass is 558 g/mol. The van der Waals surface area contributed by atoms with Crippen LogP contribution in [0.4, 0.5) is 0 Å². The third-order valence-electron chi connectivity index (χ3n) is 3.61. The van der Waals surface area contributed by atoms with E-state index < -0.39 is 33.5 Å². The Morgan fingerprint density at radius 2 is 1.00 bits per heavy atom. The Balaban J connectivity index is 2.64. The van der Waals surface area contributed by atoms with Gasteiger partial charge in [-0.05, 0) is 59.6 Å². The average Bonchev–Trinajstić information content (AvgIpc) is 2.74. The lowest BCUT2D eigenvalue weighted by molar-refractivity contribution is -0.139. The van der Waals surface area contributed by atoms with Gasteiger partial charge in [0.15, 0.2) is 0 Å². The van der Waals surface area contributed by atoms with E-state index in [0.29, 0.717) is 10.0 Å². The maximum Gasteiger partial charge on any atom is 0.343 e. The fourth-order valence-corrected chi connectivity index (χ4v) is 3.58. The lowest BCUT2D eigenvalue weighted by Gasteiger charge is -2.15. The van der Waals surface area contributed by atoms with Gasteiger partial charge in [-0.1, -0.05) is 46.4 Å². The molecule has 32 heavy (non-hydrogen) atoms. The second kappa shape index (κ2) is 11.9. The maximum atomic E-state index is 12.5. The SMILES string of the molecule is COC(=O)C(=C(\Cl)Oc1ccc(Cl)cc1Cl)/C(C(=O)OC)=C(/Cl)Oc1ccc(Cl)cc1Cl. The quantitative estimate of drug-likeness (QED) is 0.157. The molecule has 0 saturated carbocycles. The van der Waals surface area contributed by atoms with Crippen molar-refractivity contribution in [2.75, 3.05) is 14.2 Å². The van der Waals surface area contributed by atoms with Gasteiger partial charge in [0.2, 0.25) is 10.4 Å². The zero-order valence-corrected chi connectivity index (χ0v) is 20.7. The molecule has 2 aromatic carbocycles. The summed E-state index contributed by atoms with van der Waals surface area (Å²) >= 11 is 36.3. The largest absolute Gasteiger partial charge is 0.465 e. The maximum absolute atomic E-state index is 12.5. The molecule has 0 atom stereocenters. The third kappa shape index (κ3) is 6.61. The lowest BCUT2D eigenvalue weighted by atomic mass is 10.1. The Kier molecular flexibility index (Phi) is 9.83. The normalized spacial score (nSPS) is 12.4. The molecule has 0 saturated heterocycles. The van der Waals surface area contributed by atoms with Crippen LogP contribution in [0, 0.1) is 0 Å². The number of hydrogen-bond acceptors (Lipinski definition) is 6. The lowest BCUT2D eigenvalue weighted by Crippen LogP contribution is -2.20. The smallest absolute Gasteiger partial charge is 0.343 e. The van der Waals surface area contributed by atoms with Crippen molar-refractivity contribution in [3.8, 4) is 11.5 Å². The molecule has 0 aliphatic rings. The van der Waals surface area contributed by atoms with Gasteiger partial charge in [-0.3, -0.25) is 0 Å². The van der Waals surface area contributed by atoms with Crippen LogP contribution in [0.15, 0.2) is 58.0 Å². The summed E-state index contributed by atoms with van der Waals surface area (Å²) in [6.45, 7) is 0. The van der Waals surface area contributed by atoms with Crippen molar-refractivity contribution in [2.45, 2.75) is 0 Å². The molecule has 0 aromatic heterocycles. The van der Waals surface area contributed by atoms with Crippen molar-refractivity contribution in [3.05, 3.63) is 78.1 Å². The van der Waals surface area contributed by atoms with Crippen molar-refractivity contribution in [1.29, 1.82) is 0 Å². The van der Waals surface area contributed by atoms with Crippen LogP contribution >= 0.6 is 69.6 Å². The van der Waals surface area contributed by atoms with Crippen LogP contribution < -0.4 is 9.47 Å². The standard InChI is InChI=1S/C20H12Cl6O6/c1-29-19(27)15(17(25)31-13-5-3-9(21)7-11(13)23)16(20(28)30-2)18(26)32-14-6-4-10(22)8-12(14)24/h3-8H,1-2H3/b17-15+,18-16+. The highest BCUT2D eigenvalue weighted by atomic mass is 35.5. The number of carbonyl (C=O) groups is 2. The summed E-state index contributed by atoms with van der Waals surface area (Å²) in [6, 6.07) is 8.51. The number of halogens is 6. The highest BCUT2D eigenvalue weighted by Gasteiger charge is 2.32. The highest BCUT2D eigenvalue weighted by molar-refractivity contribution is 6.37. The fourth-order valence-electron chi connectivity index (χ4n) is 2.18. The number of hydrogen-bond donors (Lipinski definition) is 0. The van der Waals surface area contributed by atoms with E-state index >= 15 is 0 Å². The second-order valence-corrected chi connectivity index (χ2v) is 8.01. The van der Waals surface area contributed by atoms with Crippen LogP contribution in [0.25, 0.3) is 0 Å². The first-order valence-electron chi connectivity index (χ1n) is 8.31. The molecule has 170 valence electrons. The molecule has 0 unspecified atom stereocenters. The van der Waals surface area contributed by atoms with E-state index in [4.69, 9.17) is 88.6 Å². The van der Waals surface area contributed by atoms with Gasteiger partial charge in [0.25, 0.3) is 0 Å². The predicted octanol–water partition coefficient (Wildman–Crippen LogP) is 7.00. The van der Waals surface area contributed by atoms with E-state index in [1.54, 1.807) is 0 Å². The van der Waals surface area contributed by atoms with E-state index in [0.717, 1.165) is 14.2 Å². The molecule has 2 rings (SSSR count). The van der Waals surface area contributed by atoms with Gasteiger partial charge in [-0.25, -0.2) is 9.59 Å². The Labute approximate surface area is 213 Å². The molecule has 0 fully saturated rings. The van der Waals surface area contributed by atoms with Gasteiger partial charge in [-0.15, -0.1) is 0 Å². The van der Waals surface area contributed by atoms with Crippen molar-refractivity contribution in [2.24, 2.45) is 0 Å². The molecule has 0 aliphatic carbocycles. The van der Waals surface area contributed by atoms with Gasteiger partial charge < -0.3 is 18.9 Å². The molecule has 6 nitrogen and oxygen atoms in total. The van der Waals surface area contributed by atoms with E-state index in [-0.39, 0.29) is 21.5 Å². The first kappa shape index (κ1) is 26.5. The summed E-state index contributed by atoms with van der Waals surface area (Å²) in [4.78, 5) is 25.0. The Morgan fingerprint density at radius 3 is 1.28 bits per heavy atom. The molecule has 0 amide bonds. The van der Waals surface area contributed by atoms with Gasteiger partial charge >= 0.3 is 11.9 Å². The van der Waals surface area contributed by atoms with Crippen LogP contribution in [0.3, 0.4) is 0 Å². The second-order valence-electron chi connectivity index (χ2n) is 5.63. The molecule has 0 spiro atoms. The predicted molar refractivity (Wildman–Crippen MR) is 124 cm³/mol. The van der Waals surface area contributed by atoms with E-state index in [9.17, 15) is 9.59 Å². The van der Waals surface area contributed by atoms with Crippen molar-refractivity contribution in [3.63, 3.8) is 0 Å². The van der Waals surface area contributed by atoms with Crippen LogP contribution in [-0.4, -0.2) is 26.2 Å². The first-order valence-corrected chi connectivity index (χ1v) is 10.6. The number of benzene rings is 2. The number of esters is 2. The number of rotatable bonds is 7. The summed E-state index contributed by atoms with van der Waals surface area (Å²) in [7, 11) is 2.11. The van der Waals surface area contributed by atoms with Crippen LogP contribution in [0.2, 0.25) is 20.1 Å². The molecule has 0 bridgehead atoms. The van der Waals surface area contributed by atoms with E-state index in [1.807, 2.05) is 0 Å². The zero-order chi connectivity index (χ0) is 24.0. The summed E-state index contributed by atoms with van der Waals surface area (Å²) in [5.74, 6) is -2.09. The number of carbonyl (C=O) groups excluding carboxylic acids is 2. The highest BCUT2D eigenvalue weighted by Crippen LogP contribution is 2.35. The zero-order valence-electron chi connectivity index (χ0n) is 16.2. The average molecular weight is 561 g/mol. The number of ether oxygens (including phenoxy) is 4. The van der Waals surface area contributed by atoms with Gasteiger partial charge in [-0.2, -0.15) is 0 Å². The molecule has 2 aromatic rings. The topological polar surface area (TPSA) is 71.1 Å². The van der Waals surface area contributed by atoms with Crippen molar-refractivity contribution >= 4 is 81.5 Å². The molecule has 12 heteroatoms. The van der Waals surface area contributed by atoms with E-state index in [1.165, 1.54) is 36.4 Å². The minimum absolute atomic E-state index is 0.0319. The summed E-state index contributed by atoms with van der Waals surface area (Å²) in [5, 5.41) is -0.377. The van der Waals surface area contributed by atoms with Crippen molar-refractivity contribution in [1.82, 2.24) is 0 Å². The summed E-state index contributed by atoms with van der Waals surface area (Å²) < 4.78 is 20.4. The third-order valence-corrected chi connectivity index (χ3v) is 5.20. The minimum Gasteiger partial charge on any atom is -0.465 e. The van der Waals surface area contributed by atoms with Crippen LogP contribution in [-0.2, 0) is 19.1 Å². The molecular weight excluding hydrogens is 549 g/mol. The molecule has 0 aliphatic heterocycles. The first-order chi connectivity index (χ1) is 15.1. The van der Waals surface area contributed by atoms with Crippen LogP contribution in [0.1, 0.15) is 0 Å². The van der Waals surface area contributed by atoms with Gasteiger partial charge in [0.1, 0.15) is 22.6 Å². The Hall–Kier alpha value is -1.80. The Bertz CT molecular complexity index is 1020.